The summed E-state index contributed by atoms with van der Waals surface area (Å²) >= 11 is 7.23. The van der Waals surface area contributed by atoms with Crippen LogP contribution in [-0.2, 0) is 5.41 Å². The van der Waals surface area contributed by atoms with Crippen LogP contribution in [0.25, 0.3) is 0 Å². The first-order valence-electron chi connectivity index (χ1n) is 6.59. The van der Waals surface area contributed by atoms with Gasteiger partial charge in [0.15, 0.2) is 0 Å². The van der Waals surface area contributed by atoms with Crippen LogP contribution >= 0.6 is 31.9 Å². The predicted molar refractivity (Wildman–Crippen MR) is 82.2 cm³/mol. The van der Waals surface area contributed by atoms with Crippen molar-refractivity contribution in [3.8, 4) is 0 Å². The molecule has 0 nitrogen and oxygen atoms in total. The molecule has 0 aliphatic heterocycles. The molecular weight excluding hydrogens is 359 g/mol. The minimum atomic E-state index is -0.111. The van der Waals surface area contributed by atoms with Crippen LogP contribution in [0.3, 0.4) is 0 Å². The van der Waals surface area contributed by atoms with Crippen molar-refractivity contribution in [3.05, 3.63) is 35.6 Å². The molecule has 18 heavy (non-hydrogen) atoms. The van der Waals surface area contributed by atoms with Crippen molar-refractivity contribution in [2.45, 2.75) is 37.5 Å². The van der Waals surface area contributed by atoms with Crippen LogP contribution in [0.1, 0.15) is 37.7 Å². The highest BCUT2D eigenvalue weighted by atomic mass is 79.9. The first-order chi connectivity index (χ1) is 8.72. The molecule has 1 saturated carbocycles. The van der Waals surface area contributed by atoms with E-state index in [1.54, 1.807) is 12.1 Å². The van der Waals surface area contributed by atoms with Crippen molar-refractivity contribution in [3.63, 3.8) is 0 Å². The number of hydrogen-bond donors (Lipinski definition) is 0. The number of halogens is 3. The van der Waals surface area contributed by atoms with E-state index < -0.39 is 0 Å². The second-order valence-electron chi connectivity index (χ2n) is 5.38. The van der Waals surface area contributed by atoms with Gasteiger partial charge in [-0.2, -0.15) is 0 Å². The lowest BCUT2D eigenvalue weighted by molar-refractivity contribution is 0.368. The van der Waals surface area contributed by atoms with E-state index in [1.807, 2.05) is 12.1 Å². The van der Waals surface area contributed by atoms with Crippen molar-refractivity contribution in [2.24, 2.45) is 5.92 Å². The minimum absolute atomic E-state index is 0.0746. The van der Waals surface area contributed by atoms with Gasteiger partial charge in [0.05, 0.1) is 0 Å². The Morgan fingerprint density at radius 2 is 1.72 bits per heavy atom. The van der Waals surface area contributed by atoms with Gasteiger partial charge < -0.3 is 0 Å². The maximum atomic E-state index is 14.1. The smallest absolute Gasteiger partial charge is 0.127 e. The molecule has 2 rings (SSSR count). The number of rotatable bonds is 5. The topological polar surface area (TPSA) is 0 Å². The summed E-state index contributed by atoms with van der Waals surface area (Å²) in [5, 5.41) is 1.62. The molecule has 0 saturated heterocycles. The quantitative estimate of drug-likeness (QED) is 0.600. The predicted octanol–water partition coefficient (Wildman–Crippen LogP) is 5.43. The highest BCUT2D eigenvalue weighted by Gasteiger charge is 2.35. The molecule has 0 atom stereocenters. The van der Waals surface area contributed by atoms with E-state index in [0.717, 1.165) is 28.6 Å². The molecule has 0 heterocycles. The molecular formula is C15H19Br2F. The lowest BCUT2D eigenvalue weighted by Gasteiger charge is -2.33. The van der Waals surface area contributed by atoms with Gasteiger partial charge in [-0.1, -0.05) is 75.7 Å². The van der Waals surface area contributed by atoms with Crippen LogP contribution in [0.4, 0.5) is 4.39 Å². The third-order valence-corrected chi connectivity index (χ3v) is 6.26. The van der Waals surface area contributed by atoms with E-state index in [9.17, 15) is 4.39 Å². The van der Waals surface area contributed by atoms with Crippen LogP contribution < -0.4 is 0 Å². The molecule has 0 radical (unpaired) electrons. The Hall–Kier alpha value is 0.110. The Kier molecular flexibility index (Phi) is 5.25. The lowest BCUT2D eigenvalue weighted by atomic mass is 9.76. The molecule has 100 valence electrons. The Morgan fingerprint density at radius 3 is 2.28 bits per heavy atom. The van der Waals surface area contributed by atoms with Gasteiger partial charge in [0.1, 0.15) is 5.82 Å². The van der Waals surface area contributed by atoms with Gasteiger partial charge in [-0.15, -0.1) is 0 Å². The molecule has 1 aliphatic carbocycles. The fraction of sp³-hybridized carbons (Fsp3) is 0.600. The van der Waals surface area contributed by atoms with Crippen molar-refractivity contribution >= 4 is 31.9 Å². The maximum absolute atomic E-state index is 14.1. The fourth-order valence-electron chi connectivity index (χ4n) is 3.06. The SMILES string of the molecule is Fc1ccccc1C(CBr)(CBr)CC1CCCC1. The normalized spacial score (nSPS) is 17.3. The average molecular weight is 378 g/mol. The zero-order valence-electron chi connectivity index (χ0n) is 10.5. The van der Waals surface area contributed by atoms with Crippen molar-refractivity contribution in [1.82, 2.24) is 0 Å². The Bertz CT molecular complexity index is 382. The summed E-state index contributed by atoms with van der Waals surface area (Å²) in [5.41, 5.74) is 0.742. The van der Waals surface area contributed by atoms with E-state index in [0.29, 0.717) is 0 Å². The molecule has 1 aromatic rings. The molecule has 1 aromatic carbocycles. The molecule has 0 amide bonds. The van der Waals surface area contributed by atoms with Gasteiger partial charge in [-0.3, -0.25) is 0 Å². The lowest BCUT2D eigenvalue weighted by Crippen LogP contribution is -2.33. The molecule has 0 spiro atoms. The van der Waals surface area contributed by atoms with Crippen LogP contribution in [-0.4, -0.2) is 10.7 Å². The average Bonchev–Trinajstić information content (AvgIpc) is 2.90. The van der Waals surface area contributed by atoms with Gasteiger partial charge in [-0.25, -0.2) is 4.39 Å². The highest BCUT2D eigenvalue weighted by molar-refractivity contribution is 9.09. The first-order valence-corrected chi connectivity index (χ1v) is 8.83. The van der Waals surface area contributed by atoms with Crippen molar-refractivity contribution in [2.75, 3.05) is 10.7 Å². The number of alkyl halides is 2. The van der Waals surface area contributed by atoms with E-state index in [4.69, 9.17) is 0 Å². The Morgan fingerprint density at radius 1 is 1.11 bits per heavy atom. The second kappa shape index (κ2) is 6.51. The second-order valence-corrected chi connectivity index (χ2v) is 6.50. The van der Waals surface area contributed by atoms with Gasteiger partial charge >= 0.3 is 0 Å². The minimum Gasteiger partial charge on any atom is -0.207 e. The van der Waals surface area contributed by atoms with Gasteiger partial charge in [0, 0.05) is 16.1 Å². The summed E-state index contributed by atoms with van der Waals surface area (Å²) in [4.78, 5) is 0. The van der Waals surface area contributed by atoms with Gasteiger partial charge in [0.25, 0.3) is 0 Å². The van der Waals surface area contributed by atoms with E-state index in [-0.39, 0.29) is 11.2 Å². The third kappa shape index (κ3) is 2.98. The van der Waals surface area contributed by atoms with E-state index >= 15 is 0 Å². The Labute approximate surface area is 126 Å². The monoisotopic (exact) mass is 376 g/mol. The van der Waals surface area contributed by atoms with Crippen LogP contribution in [0.2, 0.25) is 0 Å². The summed E-state index contributed by atoms with van der Waals surface area (Å²) in [6.07, 6.45) is 6.35. The molecule has 1 aliphatic rings. The van der Waals surface area contributed by atoms with E-state index in [1.165, 1.54) is 25.7 Å². The summed E-state index contributed by atoms with van der Waals surface area (Å²) < 4.78 is 14.1. The molecule has 0 aromatic heterocycles. The molecule has 0 N–H and O–H groups in total. The third-order valence-electron chi connectivity index (χ3n) is 4.11. The highest BCUT2D eigenvalue weighted by Crippen LogP contribution is 2.41. The molecule has 1 fully saturated rings. The van der Waals surface area contributed by atoms with Crippen molar-refractivity contribution < 1.29 is 4.39 Å². The van der Waals surface area contributed by atoms with Gasteiger partial charge in [-0.05, 0) is 24.0 Å². The van der Waals surface area contributed by atoms with Crippen LogP contribution in [0, 0.1) is 11.7 Å². The summed E-state index contributed by atoms with van der Waals surface area (Å²) in [5.74, 6) is 0.675. The zero-order chi connectivity index (χ0) is 13.0. The first kappa shape index (κ1) is 14.5. The summed E-state index contributed by atoms with van der Waals surface area (Å²) in [6.45, 7) is 0. The number of benzene rings is 1. The fourth-order valence-corrected chi connectivity index (χ4v) is 5.05. The molecule has 0 unspecified atom stereocenters. The maximum Gasteiger partial charge on any atom is 0.127 e. The largest absolute Gasteiger partial charge is 0.207 e. The van der Waals surface area contributed by atoms with E-state index in [2.05, 4.69) is 31.9 Å². The zero-order valence-corrected chi connectivity index (χ0v) is 13.6. The standard InChI is InChI=1S/C15H19Br2F/c16-10-15(11-17,9-12-5-1-2-6-12)13-7-3-4-8-14(13)18/h3-4,7-8,12H,1-2,5-6,9-11H2. The van der Waals surface area contributed by atoms with Crippen LogP contribution in [0.5, 0.6) is 0 Å². The van der Waals surface area contributed by atoms with Gasteiger partial charge in [0.2, 0.25) is 0 Å². The molecule has 3 heteroatoms. The van der Waals surface area contributed by atoms with Crippen molar-refractivity contribution in [1.29, 1.82) is 0 Å². The number of hydrogen-bond acceptors (Lipinski definition) is 0. The summed E-state index contributed by atoms with van der Waals surface area (Å²) in [7, 11) is 0. The molecule has 0 bridgehead atoms. The Balaban J connectivity index is 2.27. The summed E-state index contributed by atoms with van der Waals surface area (Å²) in [6, 6.07) is 7.21. The van der Waals surface area contributed by atoms with Crippen LogP contribution in [0.15, 0.2) is 24.3 Å².